The molecule has 0 aromatic heterocycles. The Hall–Kier alpha value is -4.79. The summed E-state index contributed by atoms with van der Waals surface area (Å²) < 4.78 is 0. The molecule has 7 rings (SSSR count). The minimum absolute atomic E-state index is 0.0737. The molecule has 0 nitrogen and oxygen atoms in total. The summed E-state index contributed by atoms with van der Waals surface area (Å²) in [6.45, 7) is 2.28. The minimum Gasteiger partial charge on any atom is -0.200 e. The van der Waals surface area contributed by atoms with Crippen molar-refractivity contribution in [1.82, 2.24) is 0 Å². The number of hydrogen-bond acceptors (Lipinski definition) is 0. The van der Waals surface area contributed by atoms with Crippen LogP contribution in [0.1, 0.15) is 25.3 Å². The molecular weight excluding hydrogens is 595 g/mol. The summed E-state index contributed by atoms with van der Waals surface area (Å²) in [6.07, 6.45) is 3.83. The van der Waals surface area contributed by atoms with Crippen LogP contribution in [0.15, 0.2) is 204 Å². The molecule has 0 bridgehead atoms. The molecule has 0 saturated heterocycles. The van der Waals surface area contributed by atoms with Crippen LogP contribution in [0.4, 0.5) is 0 Å². The Kier molecular flexibility index (Phi) is 11.6. The molecule has 1 atom stereocenters. The SMILES string of the molecule is CCCC[B-](c1ccccc1)(c1ccccc1)c1ccccc1.c1ccc(CC[S+](c2ccccc2)c2cccc3ccccc23)cc1. The lowest BCUT2D eigenvalue weighted by molar-refractivity contribution is 0.874. The van der Waals surface area contributed by atoms with Crippen molar-refractivity contribution in [2.45, 2.75) is 42.3 Å². The molecular formula is C46H45BS. The molecule has 0 N–H and O–H groups in total. The molecule has 238 valence electrons. The average molecular weight is 641 g/mol. The lowest BCUT2D eigenvalue weighted by atomic mass is 9.14. The molecule has 0 saturated carbocycles. The maximum atomic E-state index is 2.31. The molecule has 1 unspecified atom stereocenters. The number of fused-ring (bicyclic) bond motifs is 1. The van der Waals surface area contributed by atoms with E-state index in [2.05, 4.69) is 201 Å². The van der Waals surface area contributed by atoms with Gasteiger partial charge in [-0.25, -0.2) is 0 Å². The summed E-state index contributed by atoms with van der Waals surface area (Å²) >= 11 is 0. The standard InChI is InChI=1S/C24H21S.C22H24B/c1-3-10-20(11-4-1)18-19-25(22-14-5-2-6-15-22)24-17-9-13-21-12-7-8-16-23(21)24;1-2-3-19-23(20-13-7-4-8-14-20,21-15-9-5-10-16-21)22-17-11-6-12-18-22/h1-17H,18-19H2;4-18H,2-3,19H2,1H3/q+1;-1. The van der Waals surface area contributed by atoms with Crippen molar-refractivity contribution in [2.24, 2.45) is 0 Å². The third-order valence-electron chi connectivity index (χ3n) is 9.58. The predicted octanol–water partition coefficient (Wildman–Crippen LogP) is 10.1. The third kappa shape index (κ3) is 7.84. The second kappa shape index (κ2) is 16.9. The Labute approximate surface area is 290 Å². The first-order valence-corrected chi connectivity index (χ1v) is 18.8. The fourth-order valence-electron chi connectivity index (χ4n) is 7.15. The summed E-state index contributed by atoms with van der Waals surface area (Å²) in [5.74, 6) is 1.14. The normalized spacial score (nSPS) is 11.8. The van der Waals surface area contributed by atoms with E-state index in [1.807, 2.05) is 0 Å². The molecule has 0 aliphatic carbocycles. The smallest absolute Gasteiger partial charge is 0.168 e. The van der Waals surface area contributed by atoms with Gasteiger partial charge in [0.05, 0.1) is 17.0 Å². The highest BCUT2D eigenvalue weighted by Crippen LogP contribution is 2.31. The van der Waals surface area contributed by atoms with E-state index in [0.29, 0.717) is 0 Å². The first kappa shape index (κ1) is 33.1. The van der Waals surface area contributed by atoms with E-state index in [4.69, 9.17) is 0 Å². The number of hydrogen-bond donors (Lipinski definition) is 0. The van der Waals surface area contributed by atoms with Crippen LogP contribution < -0.4 is 16.4 Å². The van der Waals surface area contributed by atoms with Gasteiger partial charge in [0, 0.05) is 11.8 Å². The highest BCUT2D eigenvalue weighted by Gasteiger charge is 2.29. The maximum Gasteiger partial charge on any atom is 0.168 e. The lowest BCUT2D eigenvalue weighted by Gasteiger charge is -2.43. The fourth-order valence-corrected chi connectivity index (χ4v) is 9.48. The summed E-state index contributed by atoms with van der Waals surface area (Å²) in [7, 11) is 0.0737. The topological polar surface area (TPSA) is 0 Å². The Bertz CT molecular complexity index is 1840. The molecule has 0 aliphatic heterocycles. The van der Waals surface area contributed by atoms with Crippen LogP contribution in [0.3, 0.4) is 0 Å². The van der Waals surface area contributed by atoms with Gasteiger partial charge in [-0.3, -0.25) is 0 Å². The van der Waals surface area contributed by atoms with E-state index in [9.17, 15) is 0 Å². The van der Waals surface area contributed by atoms with Gasteiger partial charge in [0.25, 0.3) is 0 Å². The van der Waals surface area contributed by atoms with Crippen molar-refractivity contribution in [2.75, 3.05) is 5.75 Å². The molecule has 48 heavy (non-hydrogen) atoms. The van der Waals surface area contributed by atoms with Crippen LogP contribution in [0, 0.1) is 0 Å². The molecule has 0 fully saturated rings. The monoisotopic (exact) mass is 640 g/mol. The van der Waals surface area contributed by atoms with Crippen molar-refractivity contribution in [3.05, 3.63) is 200 Å². The van der Waals surface area contributed by atoms with Crippen molar-refractivity contribution >= 4 is 44.2 Å². The quantitative estimate of drug-likeness (QED) is 0.0975. The van der Waals surface area contributed by atoms with Crippen LogP contribution in [0.5, 0.6) is 0 Å². The molecule has 0 aliphatic rings. The Morgan fingerprint density at radius 1 is 0.458 bits per heavy atom. The molecule has 7 aromatic carbocycles. The first-order valence-electron chi connectivity index (χ1n) is 17.4. The van der Waals surface area contributed by atoms with Crippen LogP contribution in [-0.4, -0.2) is 11.9 Å². The van der Waals surface area contributed by atoms with Gasteiger partial charge >= 0.3 is 0 Å². The van der Waals surface area contributed by atoms with Crippen LogP contribution in [-0.2, 0) is 17.3 Å². The maximum absolute atomic E-state index is 2.31. The van der Waals surface area contributed by atoms with E-state index in [-0.39, 0.29) is 10.9 Å². The van der Waals surface area contributed by atoms with Crippen LogP contribution in [0.25, 0.3) is 10.8 Å². The number of benzene rings is 7. The van der Waals surface area contributed by atoms with Crippen LogP contribution in [0.2, 0.25) is 6.32 Å². The van der Waals surface area contributed by atoms with Gasteiger partial charge in [-0.15, -0.1) is 0 Å². The van der Waals surface area contributed by atoms with E-state index < -0.39 is 6.15 Å². The average Bonchev–Trinajstić information content (AvgIpc) is 3.18. The van der Waals surface area contributed by atoms with E-state index in [0.717, 1.165) is 12.2 Å². The van der Waals surface area contributed by atoms with Gasteiger partial charge < -0.3 is 0 Å². The molecule has 0 amide bonds. The Balaban J connectivity index is 0.000000168. The van der Waals surface area contributed by atoms with Gasteiger partial charge in [0.1, 0.15) is 5.75 Å². The van der Waals surface area contributed by atoms with E-state index in [1.165, 1.54) is 61.7 Å². The number of aryl methyl sites for hydroxylation is 1. The molecule has 0 radical (unpaired) electrons. The van der Waals surface area contributed by atoms with Crippen molar-refractivity contribution in [3.63, 3.8) is 0 Å². The number of rotatable bonds is 11. The summed E-state index contributed by atoms with van der Waals surface area (Å²) in [5.41, 5.74) is 5.74. The largest absolute Gasteiger partial charge is 0.200 e. The minimum atomic E-state index is -0.913. The van der Waals surface area contributed by atoms with Gasteiger partial charge in [0.2, 0.25) is 0 Å². The van der Waals surface area contributed by atoms with E-state index >= 15 is 0 Å². The lowest BCUT2D eigenvalue weighted by Crippen LogP contribution is -2.66. The molecule has 7 aromatic rings. The molecule has 2 heteroatoms. The van der Waals surface area contributed by atoms with Gasteiger partial charge in [-0.1, -0.05) is 190 Å². The van der Waals surface area contributed by atoms with Crippen molar-refractivity contribution in [3.8, 4) is 0 Å². The molecule has 0 spiro atoms. The third-order valence-corrected chi connectivity index (χ3v) is 11.9. The Morgan fingerprint density at radius 2 is 0.917 bits per heavy atom. The molecule has 0 heterocycles. The summed E-state index contributed by atoms with van der Waals surface area (Å²) in [4.78, 5) is 2.88. The zero-order valence-electron chi connectivity index (χ0n) is 28.0. The summed E-state index contributed by atoms with van der Waals surface area (Å²) in [6, 6.07) is 70.4. The van der Waals surface area contributed by atoms with Gasteiger partial charge in [0.15, 0.2) is 9.79 Å². The zero-order chi connectivity index (χ0) is 32.9. The van der Waals surface area contributed by atoms with E-state index in [1.54, 1.807) is 0 Å². The second-order valence-electron chi connectivity index (χ2n) is 12.5. The number of unbranched alkanes of at least 4 members (excludes halogenated alkanes) is 1. The van der Waals surface area contributed by atoms with Gasteiger partial charge in [-0.2, -0.15) is 22.7 Å². The highest BCUT2D eigenvalue weighted by molar-refractivity contribution is 7.97. The zero-order valence-corrected chi connectivity index (χ0v) is 28.8. The Morgan fingerprint density at radius 3 is 1.46 bits per heavy atom. The first-order chi connectivity index (χ1) is 23.8. The predicted molar refractivity (Wildman–Crippen MR) is 213 cm³/mol. The summed E-state index contributed by atoms with van der Waals surface area (Å²) in [5, 5.41) is 2.71. The highest BCUT2D eigenvalue weighted by atomic mass is 32.2. The fraction of sp³-hybridized carbons (Fsp3) is 0.130. The van der Waals surface area contributed by atoms with Gasteiger partial charge in [-0.05, 0) is 35.2 Å². The van der Waals surface area contributed by atoms with Crippen molar-refractivity contribution in [1.29, 1.82) is 0 Å². The van der Waals surface area contributed by atoms with Crippen LogP contribution >= 0.6 is 0 Å². The van der Waals surface area contributed by atoms with Crippen molar-refractivity contribution < 1.29 is 0 Å². The second-order valence-corrected chi connectivity index (χ2v) is 14.6.